The highest BCUT2D eigenvalue weighted by Crippen LogP contribution is 2.32. The number of hydrogen-bond donors (Lipinski definition) is 2. The van der Waals surface area contributed by atoms with Gasteiger partial charge in [-0.15, -0.1) is 0 Å². The fourth-order valence-corrected chi connectivity index (χ4v) is 4.06. The van der Waals surface area contributed by atoms with Gasteiger partial charge in [-0.25, -0.2) is 9.97 Å². The van der Waals surface area contributed by atoms with E-state index in [0.29, 0.717) is 12.1 Å². The van der Waals surface area contributed by atoms with Crippen LogP contribution in [0.4, 0.5) is 30.5 Å². The molecule has 4 rings (SSSR count). The van der Waals surface area contributed by atoms with Gasteiger partial charge in [0.1, 0.15) is 6.29 Å². The van der Waals surface area contributed by atoms with E-state index in [4.69, 9.17) is 0 Å². The van der Waals surface area contributed by atoms with Gasteiger partial charge in [0.2, 0.25) is 5.95 Å². The number of aryl methyl sites for hydroxylation is 2. The fourth-order valence-electron chi connectivity index (χ4n) is 4.06. The van der Waals surface area contributed by atoms with Crippen molar-refractivity contribution < 1.29 is 18.0 Å². The van der Waals surface area contributed by atoms with Crippen LogP contribution < -0.4 is 15.5 Å². The molecule has 9 heteroatoms. The van der Waals surface area contributed by atoms with Crippen LogP contribution in [0.15, 0.2) is 54.7 Å². The molecule has 2 aromatic carbocycles. The number of carbonyl (C=O) groups excluding carboxylic acids is 1. The minimum absolute atomic E-state index is 0.0733. The van der Waals surface area contributed by atoms with Gasteiger partial charge < -0.3 is 20.3 Å². The zero-order valence-electron chi connectivity index (χ0n) is 18.6. The average molecular weight is 470 g/mol. The maximum absolute atomic E-state index is 13.6. The number of aldehydes is 1. The number of alkyl halides is 3. The largest absolute Gasteiger partial charge is 0.419 e. The molecule has 6 nitrogen and oxygen atoms in total. The standard InChI is InChI=1S/C25H26F3N5O/c26-25(27,28)22-17-30-24(31-20-6-8-21(9-7-20)33-14-12-29-13-15-33)32-23(22)10-5-18-3-1-2-4-19(18)11-16-34/h1-4,6-9,16-17,29H,5,10-15H2,(H,30,31,32). The molecule has 178 valence electrons. The average Bonchev–Trinajstić information content (AvgIpc) is 2.84. The van der Waals surface area contributed by atoms with E-state index < -0.39 is 11.7 Å². The van der Waals surface area contributed by atoms with Crippen LogP contribution in [0.5, 0.6) is 0 Å². The van der Waals surface area contributed by atoms with Crippen LogP contribution in [0.25, 0.3) is 0 Å². The Balaban J connectivity index is 1.52. The maximum Gasteiger partial charge on any atom is 0.419 e. The van der Waals surface area contributed by atoms with Gasteiger partial charge in [-0.3, -0.25) is 0 Å². The summed E-state index contributed by atoms with van der Waals surface area (Å²) in [5, 5.41) is 6.33. The molecule has 0 aliphatic carbocycles. The SMILES string of the molecule is O=CCc1ccccc1CCc1nc(Nc2ccc(N3CCNCC3)cc2)ncc1C(F)(F)F. The normalized spacial score (nSPS) is 14.1. The molecule has 1 aromatic heterocycles. The second-order valence-corrected chi connectivity index (χ2v) is 8.10. The number of rotatable bonds is 8. The fraction of sp³-hybridized carbons (Fsp3) is 0.320. The van der Waals surface area contributed by atoms with Crippen LogP contribution in [-0.4, -0.2) is 42.4 Å². The lowest BCUT2D eigenvalue weighted by molar-refractivity contribution is -0.138. The molecule has 34 heavy (non-hydrogen) atoms. The quantitative estimate of drug-likeness (QED) is 0.483. The molecule has 0 saturated carbocycles. The summed E-state index contributed by atoms with van der Waals surface area (Å²) in [6.45, 7) is 3.71. The number of carbonyl (C=O) groups is 1. The number of piperazine rings is 1. The van der Waals surface area contributed by atoms with Crippen molar-refractivity contribution in [2.75, 3.05) is 36.4 Å². The second kappa shape index (κ2) is 10.6. The van der Waals surface area contributed by atoms with E-state index in [2.05, 4.69) is 25.5 Å². The molecule has 3 aromatic rings. The third-order valence-corrected chi connectivity index (χ3v) is 5.83. The predicted octanol–water partition coefficient (Wildman–Crippen LogP) is 4.18. The van der Waals surface area contributed by atoms with Crippen LogP contribution in [0, 0.1) is 0 Å². The molecule has 2 heterocycles. The summed E-state index contributed by atoms with van der Waals surface area (Å²) in [7, 11) is 0. The van der Waals surface area contributed by atoms with Gasteiger partial charge in [0, 0.05) is 50.2 Å². The summed E-state index contributed by atoms with van der Waals surface area (Å²) in [5.74, 6) is 0.110. The summed E-state index contributed by atoms with van der Waals surface area (Å²) in [6, 6.07) is 14.9. The van der Waals surface area contributed by atoms with E-state index in [1.165, 1.54) is 0 Å². The smallest absolute Gasteiger partial charge is 0.369 e. The van der Waals surface area contributed by atoms with Gasteiger partial charge in [0.25, 0.3) is 0 Å². The molecule has 0 amide bonds. The second-order valence-electron chi connectivity index (χ2n) is 8.10. The first kappa shape index (κ1) is 23.7. The third kappa shape index (κ3) is 5.91. The first-order valence-corrected chi connectivity index (χ1v) is 11.2. The number of anilines is 3. The minimum atomic E-state index is -4.55. The summed E-state index contributed by atoms with van der Waals surface area (Å²) in [6.07, 6.45) is -2.30. The Morgan fingerprint density at radius 1 is 1.00 bits per heavy atom. The lowest BCUT2D eigenvalue weighted by Crippen LogP contribution is -2.43. The summed E-state index contributed by atoms with van der Waals surface area (Å²) in [5.41, 5.74) is 2.50. The molecule has 1 aliphatic heterocycles. The number of halogens is 3. The topological polar surface area (TPSA) is 70.2 Å². The molecule has 1 saturated heterocycles. The van der Waals surface area contributed by atoms with Crippen LogP contribution in [0.2, 0.25) is 0 Å². The number of nitrogens with zero attached hydrogens (tertiary/aromatic N) is 3. The molecule has 1 fully saturated rings. The summed E-state index contributed by atoms with van der Waals surface area (Å²) >= 11 is 0. The number of nitrogens with one attached hydrogen (secondary N) is 2. The number of benzene rings is 2. The van der Waals surface area contributed by atoms with Gasteiger partial charge in [-0.2, -0.15) is 13.2 Å². The Kier molecular flexibility index (Phi) is 7.42. The first-order chi connectivity index (χ1) is 16.4. The van der Waals surface area contributed by atoms with Crippen molar-refractivity contribution in [2.24, 2.45) is 0 Å². The molecule has 0 radical (unpaired) electrons. The third-order valence-electron chi connectivity index (χ3n) is 5.83. The van der Waals surface area contributed by atoms with E-state index >= 15 is 0 Å². The molecule has 2 N–H and O–H groups in total. The van der Waals surface area contributed by atoms with Crippen molar-refractivity contribution in [1.82, 2.24) is 15.3 Å². The Morgan fingerprint density at radius 2 is 1.71 bits per heavy atom. The highest BCUT2D eigenvalue weighted by molar-refractivity contribution is 5.60. The molecule has 0 spiro atoms. The van der Waals surface area contributed by atoms with Gasteiger partial charge in [-0.05, 0) is 48.2 Å². The molecule has 0 atom stereocenters. The molecular weight excluding hydrogens is 443 g/mol. The monoisotopic (exact) mass is 469 g/mol. The molecule has 0 unspecified atom stereocenters. The van der Waals surface area contributed by atoms with Crippen LogP contribution in [0.1, 0.15) is 22.4 Å². The van der Waals surface area contributed by atoms with Crippen molar-refractivity contribution in [1.29, 1.82) is 0 Å². The van der Waals surface area contributed by atoms with Crippen molar-refractivity contribution >= 4 is 23.6 Å². The Hall–Kier alpha value is -3.46. The van der Waals surface area contributed by atoms with Gasteiger partial charge in [0.05, 0.1) is 11.3 Å². The van der Waals surface area contributed by atoms with Crippen LogP contribution in [-0.2, 0) is 30.2 Å². The van der Waals surface area contributed by atoms with Gasteiger partial charge >= 0.3 is 6.18 Å². The lowest BCUT2D eigenvalue weighted by atomic mass is 9.99. The van der Waals surface area contributed by atoms with E-state index in [1.807, 2.05) is 48.5 Å². The van der Waals surface area contributed by atoms with E-state index in [1.54, 1.807) is 0 Å². The van der Waals surface area contributed by atoms with E-state index in [0.717, 1.165) is 55.5 Å². The zero-order valence-corrected chi connectivity index (χ0v) is 18.6. The Morgan fingerprint density at radius 3 is 2.38 bits per heavy atom. The highest BCUT2D eigenvalue weighted by atomic mass is 19.4. The molecular formula is C25H26F3N5O. The first-order valence-electron chi connectivity index (χ1n) is 11.2. The molecule has 1 aliphatic rings. The lowest BCUT2D eigenvalue weighted by Gasteiger charge is -2.29. The van der Waals surface area contributed by atoms with Gasteiger partial charge in [0.15, 0.2) is 0 Å². The van der Waals surface area contributed by atoms with E-state index in [9.17, 15) is 18.0 Å². The van der Waals surface area contributed by atoms with Crippen molar-refractivity contribution in [3.05, 3.63) is 77.1 Å². The van der Waals surface area contributed by atoms with Crippen molar-refractivity contribution in [3.8, 4) is 0 Å². The number of aromatic nitrogens is 2. The summed E-state index contributed by atoms with van der Waals surface area (Å²) in [4.78, 5) is 21.3. The highest BCUT2D eigenvalue weighted by Gasteiger charge is 2.34. The number of hydrogen-bond acceptors (Lipinski definition) is 6. The van der Waals surface area contributed by atoms with Crippen molar-refractivity contribution in [2.45, 2.75) is 25.4 Å². The minimum Gasteiger partial charge on any atom is -0.369 e. The Bertz CT molecular complexity index is 1110. The van der Waals surface area contributed by atoms with Crippen molar-refractivity contribution in [3.63, 3.8) is 0 Å². The van der Waals surface area contributed by atoms with Crippen LogP contribution in [0.3, 0.4) is 0 Å². The zero-order chi connectivity index (χ0) is 24.0. The molecule has 0 bridgehead atoms. The van der Waals surface area contributed by atoms with E-state index in [-0.39, 0.29) is 24.5 Å². The van der Waals surface area contributed by atoms with Gasteiger partial charge in [-0.1, -0.05) is 24.3 Å². The maximum atomic E-state index is 13.6. The predicted molar refractivity (Wildman–Crippen MR) is 125 cm³/mol. The Labute approximate surface area is 196 Å². The summed E-state index contributed by atoms with van der Waals surface area (Å²) < 4.78 is 40.8. The van der Waals surface area contributed by atoms with Crippen LogP contribution >= 0.6 is 0 Å².